The molecule has 2 atom stereocenters. The number of benzene rings is 1. The molecule has 0 saturated carbocycles. The third-order valence-electron chi connectivity index (χ3n) is 4.52. The van der Waals surface area contributed by atoms with Gasteiger partial charge in [0.05, 0.1) is 33.9 Å². The highest BCUT2D eigenvalue weighted by molar-refractivity contribution is 5.74. The minimum Gasteiger partial charge on any atom is -0.493 e. The third-order valence-corrected chi connectivity index (χ3v) is 4.52. The Morgan fingerprint density at radius 3 is 2.64 bits per heavy atom. The summed E-state index contributed by atoms with van der Waals surface area (Å²) in [6.45, 7) is 10.2. The molecule has 0 aliphatic carbocycles. The Hall–Kier alpha value is -2.21. The van der Waals surface area contributed by atoms with Gasteiger partial charge in [0.1, 0.15) is 6.04 Å². The number of fused-ring (bicyclic) bond motifs is 1. The number of carbonyl (C=O) groups is 1. The number of amides is 2. The quantitative estimate of drug-likeness (QED) is 0.646. The first kappa shape index (κ1) is 19.1. The van der Waals surface area contributed by atoms with Gasteiger partial charge >= 0.3 is 6.03 Å². The Morgan fingerprint density at radius 2 is 2.04 bits per heavy atom. The monoisotopic (exact) mass is 348 g/mol. The van der Waals surface area contributed by atoms with E-state index in [0.717, 1.165) is 31.0 Å². The van der Waals surface area contributed by atoms with Crippen molar-refractivity contribution in [2.45, 2.75) is 32.4 Å². The zero-order chi connectivity index (χ0) is 18.4. The van der Waals surface area contributed by atoms with Crippen LogP contribution in [-0.2, 0) is 6.42 Å². The highest BCUT2D eigenvalue weighted by Gasteiger charge is 2.32. The summed E-state index contributed by atoms with van der Waals surface area (Å²) >= 11 is 0. The van der Waals surface area contributed by atoms with Gasteiger partial charge in [-0.05, 0) is 37.6 Å². The lowest BCUT2D eigenvalue weighted by Crippen LogP contribution is -3.13. The minimum absolute atomic E-state index is 0.111. The van der Waals surface area contributed by atoms with Gasteiger partial charge in [0, 0.05) is 18.0 Å². The van der Waals surface area contributed by atoms with Crippen molar-refractivity contribution < 1.29 is 19.2 Å². The summed E-state index contributed by atoms with van der Waals surface area (Å²) in [5.41, 5.74) is 2.45. The van der Waals surface area contributed by atoms with Crippen LogP contribution in [-0.4, -0.2) is 45.9 Å². The molecule has 2 amide bonds. The molecule has 3 N–H and O–H groups in total. The number of methoxy groups -OCH3 is 2. The summed E-state index contributed by atoms with van der Waals surface area (Å²) < 4.78 is 10.9. The summed E-state index contributed by atoms with van der Waals surface area (Å²) in [7, 11) is 3.29. The maximum atomic E-state index is 12.0. The molecule has 25 heavy (non-hydrogen) atoms. The van der Waals surface area contributed by atoms with E-state index in [-0.39, 0.29) is 18.1 Å². The van der Waals surface area contributed by atoms with E-state index in [1.54, 1.807) is 14.2 Å². The van der Waals surface area contributed by atoms with E-state index < -0.39 is 0 Å². The predicted octanol–water partition coefficient (Wildman–Crippen LogP) is 1.08. The number of ether oxygens (including phenoxy) is 2. The van der Waals surface area contributed by atoms with E-state index in [1.165, 1.54) is 16.0 Å². The zero-order valence-corrected chi connectivity index (χ0v) is 15.6. The van der Waals surface area contributed by atoms with Gasteiger partial charge in [-0.1, -0.05) is 6.58 Å². The lowest BCUT2D eigenvalue weighted by Gasteiger charge is -2.34. The van der Waals surface area contributed by atoms with Crippen LogP contribution in [0.3, 0.4) is 0 Å². The molecule has 0 aromatic heterocycles. The third kappa shape index (κ3) is 4.66. The van der Waals surface area contributed by atoms with E-state index in [2.05, 4.69) is 23.3 Å². The number of hydrogen-bond donors (Lipinski definition) is 3. The van der Waals surface area contributed by atoms with Crippen molar-refractivity contribution in [3.63, 3.8) is 0 Å². The molecule has 6 nitrogen and oxygen atoms in total. The van der Waals surface area contributed by atoms with Crippen LogP contribution in [0.1, 0.15) is 31.0 Å². The first-order chi connectivity index (χ1) is 12.0. The second-order valence-electron chi connectivity index (χ2n) is 6.62. The van der Waals surface area contributed by atoms with Crippen LogP contribution in [0.15, 0.2) is 24.8 Å². The molecular formula is C19H30N3O3+. The molecule has 1 aromatic rings. The molecule has 0 fully saturated rings. The molecule has 1 aliphatic heterocycles. The number of rotatable bonds is 7. The molecule has 1 heterocycles. The Balaban J connectivity index is 2.27. The topological polar surface area (TPSA) is 64.0 Å². The van der Waals surface area contributed by atoms with Gasteiger partial charge in [-0.2, -0.15) is 0 Å². The van der Waals surface area contributed by atoms with E-state index >= 15 is 0 Å². The molecule has 138 valence electrons. The Kier molecular flexibility index (Phi) is 6.70. The van der Waals surface area contributed by atoms with E-state index in [9.17, 15) is 4.79 Å². The maximum absolute atomic E-state index is 12.0. The van der Waals surface area contributed by atoms with Crippen LogP contribution in [0.5, 0.6) is 11.5 Å². The van der Waals surface area contributed by atoms with E-state index in [4.69, 9.17) is 9.47 Å². The number of urea groups is 1. The van der Waals surface area contributed by atoms with E-state index in [0.29, 0.717) is 6.54 Å². The molecule has 0 radical (unpaired) electrons. The SMILES string of the molecule is C=CC[NH+]1CCc2cc(OC)c(OC)cc2[C@@H]1CNC(=O)NC(C)C. The molecule has 0 saturated heterocycles. The van der Waals surface area contributed by atoms with Crippen molar-refractivity contribution in [2.24, 2.45) is 0 Å². The molecule has 1 aliphatic rings. The van der Waals surface area contributed by atoms with Gasteiger partial charge in [0.2, 0.25) is 0 Å². The Bertz CT molecular complexity index is 616. The second kappa shape index (κ2) is 8.76. The molecule has 0 spiro atoms. The van der Waals surface area contributed by atoms with Gasteiger partial charge in [0.25, 0.3) is 0 Å². The first-order valence-corrected chi connectivity index (χ1v) is 8.74. The van der Waals surface area contributed by atoms with Crippen LogP contribution in [0.4, 0.5) is 4.79 Å². The summed E-state index contributed by atoms with van der Waals surface area (Å²) in [5.74, 6) is 1.47. The van der Waals surface area contributed by atoms with Crippen LogP contribution < -0.4 is 25.0 Å². The fraction of sp³-hybridized carbons (Fsp3) is 0.526. The van der Waals surface area contributed by atoms with Crippen molar-refractivity contribution in [1.29, 1.82) is 0 Å². The number of hydrogen-bond acceptors (Lipinski definition) is 3. The average molecular weight is 348 g/mol. The van der Waals surface area contributed by atoms with Crippen molar-refractivity contribution in [1.82, 2.24) is 10.6 Å². The molecule has 1 aromatic carbocycles. The van der Waals surface area contributed by atoms with Crippen LogP contribution in [0.25, 0.3) is 0 Å². The van der Waals surface area contributed by atoms with Crippen molar-refractivity contribution >= 4 is 6.03 Å². The first-order valence-electron chi connectivity index (χ1n) is 8.74. The summed E-state index contributed by atoms with van der Waals surface area (Å²) in [6.07, 6.45) is 2.90. The van der Waals surface area contributed by atoms with Crippen LogP contribution >= 0.6 is 0 Å². The van der Waals surface area contributed by atoms with Gasteiger partial charge in [-0.15, -0.1) is 0 Å². The van der Waals surface area contributed by atoms with Gasteiger partial charge in [0.15, 0.2) is 11.5 Å². The van der Waals surface area contributed by atoms with Crippen molar-refractivity contribution in [3.05, 3.63) is 35.9 Å². The molecule has 1 unspecified atom stereocenters. The number of carbonyl (C=O) groups excluding carboxylic acids is 1. The smallest absolute Gasteiger partial charge is 0.315 e. The van der Waals surface area contributed by atoms with E-state index in [1.807, 2.05) is 26.0 Å². The summed E-state index contributed by atoms with van der Waals surface area (Å²) in [5, 5.41) is 5.87. The summed E-state index contributed by atoms with van der Waals surface area (Å²) in [6, 6.07) is 4.23. The van der Waals surface area contributed by atoms with Gasteiger partial charge in [-0.3, -0.25) is 0 Å². The standard InChI is InChI=1S/C19H29N3O3/c1-6-8-22-9-7-14-10-17(24-4)18(25-5)11-15(14)16(22)12-20-19(23)21-13(2)3/h6,10-11,13,16H,1,7-9,12H2,2-5H3,(H2,20,21,23)/p+1/t16-/m0/s1. The Morgan fingerprint density at radius 1 is 1.36 bits per heavy atom. The normalized spacial score (nSPS) is 19.1. The fourth-order valence-corrected chi connectivity index (χ4v) is 3.36. The Labute approximate surface area is 150 Å². The molecular weight excluding hydrogens is 318 g/mol. The van der Waals surface area contributed by atoms with Crippen molar-refractivity contribution in [2.75, 3.05) is 33.9 Å². The largest absolute Gasteiger partial charge is 0.493 e. The number of nitrogens with one attached hydrogen (secondary N) is 3. The minimum atomic E-state index is -0.138. The molecule has 2 rings (SSSR count). The van der Waals surface area contributed by atoms with Crippen LogP contribution in [0.2, 0.25) is 0 Å². The maximum Gasteiger partial charge on any atom is 0.315 e. The lowest BCUT2D eigenvalue weighted by atomic mass is 9.91. The number of quaternary nitrogens is 1. The highest BCUT2D eigenvalue weighted by atomic mass is 16.5. The molecule has 0 bridgehead atoms. The van der Waals surface area contributed by atoms with Crippen LogP contribution in [0, 0.1) is 0 Å². The summed E-state index contributed by atoms with van der Waals surface area (Å²) in [4.78, 5) is 13.4. The average Bonchev–Trinajstić information content (AvgIpc) is 2.59. The molecule has 6 heteroatoms. The predicted molar refractivity (Wildman–Crippen MR) is 98.6 cm³/mol. The second-order valence-corrected chi connectivity index (χ2v) is 6.62. The highest BCUT2D eigenvalue weighted by Crippen LogP contribution is 2.33. The zero-order valence-electron chi connectivity index (χ0n) is 15.6. The lowest BCUT2D eigenvalue weighted by molar-refractivity contribution is -0.927. The van der Waals surface area contributed by atoms with Gasteiger partial charge < -0.3 is 25.0 Å². The fourth-order valence-electron chi connectivity index (χ4n) is 3.36. The van der Waals surface area contributed by atoms with Crippen molar-refractivity contribution in [3.8, 4) is 11.5 Å². The van der Waals surface area contributed by atoms with Gasteiger partial charge in [-0.25, -0.2) is 4.79 Å².